The number of para-hydroxylation sites is 1. The summed E-state index contributed by atoms with van der Waals surface area (Å²) in [5.74, 6) is 1.92. The lowest BCUT2D eigenvalue weighted by Crippen LogP contribution is -2.00. The van der Waals surface area contributed by atoms with E-state index >= 15 is 0 Å². The van der Waals surface area contributed by atoms with Crippen molar-refractivity contribution >= 4 is 11.8 Å². The van der Waals surface area contributed by atoms with Crippen molar-refractivity contribution in [1.29, 1.82) is 0 Å². The van der Waals surface area contributed by atoms with E-state index in [0.717, 1.165) is 17.9 Å². The third-order valence-electron chi connectivity index (χ3n) is 2.34. The van der Waals surface area contributed by atoms with Gasteiger partial charge < -0.3 is 4.74 Å². The molecule has 1 heterocycles. The number of rotatable bonds is 0. The van der Waals surface area contributed by atoms with Gasteiger partial charge in [0, 0.05) is 0 Å². The van der Waals surface area contributed by atoms with E-state index in [9.17, 15) is 0 Å². The van der Waals surface area contributed by atoms with Gasteiger partial charge in [-0.1, -0.05) is 36.0 Å². The Labute approximate surface area is 93.1 Å². The molecule has 1 aromatic rings. The fourth-order valence-corrected chi connectivity index (χ4v) is 2.59. The Kier molecular flexibility index (Phi) is 2.14. The summed E-state index contributed by atoms with van der Waals surface area (Å²) in [4.78, 5) is 2.39. The number of ether oxygens (including phenoxy) is 1. The first-order chi connectivity index (χ1) is 7.43. The van der Waals surface area contributed by atoms with Crippen LogP contribution < -0.4 is 4.74 Å². The number of thioether (sulfide) groups is 1. The van der Waals surface area contributed by atoms with Gasteiger partial charge in [0.2, 0.25) is 0 Å². The fourth-order valence-electron chi connectivity index (χ4n) is 1.62. The van der Waals surface area contributed by atoms with Crippen molar-refractivity contribution in [3.63, 3.8) is 0 Å². The molecular weight excluding hydrogens is 204 g/mol. The van der Waals surface area contributed by atoms with E-state index in [0.29, 0.717) is 0 Å². The number of fused-ring (bicyclic) bond motifs is 1. The van der Waals surface area contributed by atoms with Gasteiger partial charge in [-0.25, -0.2) is 0 Å². The molecule has 2 aliphatic rings. The molecule has 74 valence electrons. The molecule has 1 aromatic carbocycles. The standard InChI is InChI=1S/C13H10OS/c1-2-6-10-12(8-3-1)15-13-9-5-4-7-11(13)14-10/h2-9H,1H2. The topological polar surface area (TPSA) is 9.23 Å². The largest absolute Gasteiger partial charge is 0.455 e. The molecule has 0 unspecified atom stereocenters. The normalized spacial score (nSPS) is 17.9. The minimum atomic E-state index is 0.959. The highest BCUT2D eigenvalue weighted by Crippen LogP contribution is 2.42. The summed E-state index contributed by atoms with van der Waals surface area (Å²) in [7, 11) is 0. The van der Waals surface area contributed by atoms with Gasteiger partial charge in [0.05, 0.1) is 9.80 Å². The van der Waals surface area contributed by atoms with Crippen LogP contribution in [0, 0.1) is 0 Å². The summed E-state index contributed by atoms with van der Waals surface area (Å²) >= 11 is 1.77. The molecule has 0 amide bonds. The molecule has 0 atom stereocenters. The second kappa shape index (κ2) is 3.63. The zero-order valence-electron chi connectivity index (χ0n) is 8.14. The highest BCUT2D eigenvalue weighted by molar-refractivity contribution is 8.03. The molecular formula is C13H10OS. The van der Waals surface area contributed by atoms with Crippen molar-refractivity contribution < 1.29 is 4.74 Å². The Morgan fingerprint density at radius 2 is 1.93 bits per heavy atom. The zero-order valence-corrected chi connectivity index (χ0v) is 8.96. The van der Waals surface area contributed by atoms with Gasteiger partial charge in [-0.3, -0.25) is 0 Å². The molecule has 1 aliphatic heterocycles. The first-order valence-electron chi connectivity index (χ1n) is 4.95. The maximum Gasteiger partial charge on any atom is 0.141 e. The van der Waals surface area contributed by atoms with Crippen LogP contribution in [0.1, 0.15) is 6.42 Å². The molecule has 1 aliphatic carbocycles. The Morgan fingerprint density at radius 3 is 2.93 bits per heavy atom. The van der Waals surface area contributed by atoms with Gasteiger partial charge >= 0.3 is 0 Å². The second-order valence-corrected chi connectivity index (χ2v) is 4.50. The molecule has 1 nitrogen and oxygen atoms in total. The SMILES string of the molecule is C1=CC2=C(C=CC1)Sc1ccccc1O2. The first kappa shape index (κ1) is 8.86. The van der Waals surface area contributed by atoms with Crippen molar-refractivity contribution in [2.24, 2.45) is 0 Å². The van der Waals surface area contributed by atoms with Gasteiger partial charge in [0.15, 0.2) is 0 Å². The van der Waals surface area contributed by atoms with Crippen LogP contribution in [-0.4, -0.2) is 0 Å². The lowest BCUT2D eigenvalue weighted by Gasteiger charge is -2.18. The summed E-state index contributed by atoms with van der Waals surface area (Å²) in [5.41, 5.74) is 0. The minimum absolute atomic E-state index is 0.959. The van der Waals surface area contributed by atoms with E-state index in [2.05, 4.69) is 30.4 Å². The fraction of sp³-hybridized carbons (Fsp3) is 0.0769. The van der Waals surface area contributed by atoms with Crippen molar-refractivity contribution in [3.05, 3.63) is 59.2 Å². The molecule has 0 radical (unpaired) electrons. The average Bonchev–Trinajstić information content (AvgIpc) is 2.50. The van der Waals surface area contributed by atoms with Crippen LogP contribution in [0.2, 0.25) is 0 Å². The predicted octanol–water partition coefficient (Wildman–Crippen LogP) is 3.90. The van der Waals surface area contributed by atoms with E-state index in [4.69, 9.17) is 4.74 Å². The molecule has 3 rings (SSSR count). The van der Waals surface area contributed by atoms with Crippen LogP contribution in [0.5, 0.6) is 5.75 Å². The quantitative estimate of drug-likeness (QED) is 0.647. The monoisotopic (exact) mass is 214 g/mol. The first-order valence-corrected chi connectivity index (χ1v) is 5.77. The Balaban J connectivity index is 2.06. The summed E-state index contributed by atoms with van der Waals surface area (Å²) in [6, 6.07) is 8.14. The van der Waals surface area contributed by atoms with Crippen LogP contribution in [0.25, 0.3) is 0 Å². The summed E-state index contributed by atoms with van der Waals surface area (Å²) in [6.45, 7) is 0. The van der Waals surface area contributed by atoms with E-state index < -0.39 is 0 Å². The zero-order chi connectivity index (χ0) is 10.1. The molecule has 0 fully saturated rings. The number of hydrogen-bond donors (Lipinski definition) is 0. The van der Waals surface area contributed by atoms with Gasteiger partial charge in [-0.15, -0.1) is 0 Å². The van der Waals surface area contributed by atoms with E-state index in [-0.39, 0.29) is 0 Å². The van der Waals surface area contributed by atoms with Crippen LogP contribution in [0.4, 0.5) is 0 Å². The maximum absolute atomic E-state index is 5.84. The van der Waals surface area contributed by atoms with Crippen LogP contribution in [0.15, 0.2) is 64.1 Å². The Hall–Kier alpha value is -1.41. The van der Waals surface area contributed by atoms with Crippen molar-refractivity contribution in [2.75, 3.05) is 0 Å². The number of allylic oxidation sites excluding steroid dienone is 4. The minimum Gasteiger partial charge on any atom is -0.455 e. The van der Waals surface area contributed by atoms with Gasteiger partial charge in [-0.2, -0.15) is 0 Å². The third-order valence-corrected chi connectivity index (χ3v) is 3.46. The van der Waals surface area contributed by atoms with Crippen molar-refractivity contribution in [3.8, 4) is 5.75 Å². The van der Waals surface area contributed by atoms with E-state index in [1.807, 2.05) is 18.2 Å². The Bertz CT molecular complexity index is 440. The summed E-state index contributed by atoms with van der Waals surface area (Å²) in [5, 5.41) is 0. The van der Waals surface area contributed by atoms with Crippen LogP contribution in [0.3, 0.4) is 0 Å². The van der Waals surface area contributed by atoms with Crippen molar-refractivity contribution in [2.45, 2.75) is 11.3 Å². The summed E-state index contributed by atoms with van der Waals surface area (Å²) < 4.78 is 5.84. The molecule has 0 spiro atoms. The highest BCUT2D eigenvalue weighted by Gasteiger charge is 2.17. The molecule has 0 N–H and O–H groups in total. The summed E-state index contributed by atoms with van der Waals surface area (Å²) in [6.07, 6.45) is 9.44. The van der Waals surface area contributed by atoms with Gasteiger partial charge in [-0.05, 0) is 30.7 Å². The lowest BCUT2D eigenvalue weighted by atomic mass is 10.3. The smallest absolute Gasteiger partial charge is 0.141 e. The number of hydrogen-bond acceptors (Lipinski definition) is 2. The van der Waals surface area contributed by atoms with Crippen LogP contribution in [-0.2, 0) is 0 Å². The molecule has 0 saturated heterocycles. The van der Waals surface area contributed by atoms with E-state index in [1.54, 1.807) is 11.8 Å². The van der Waals surface area contributed by atoms with Gasteiger partial charge in [0.1, 0.15) is 11.5 Å². The molecule has 2 heteroatoms. The average molecular weight is 214 g/mol. The number of benzene rings is 1. The molecule has 0 saturated carbocycles. The highest BCUT2D eigenvalue weighted by atomic mass is 32.2. The third kappa shape index (κ3) is 1.61. The Morgan fingerprint density at radius 1 is 1.07 bits per heavy atom. The van der Waals surface area contributed by atoms with E-state index in [1.165, 1.54) is 9.80 Å². The van der Waals surface area contributed by atoms with Crippen molar-refractivity contribution in [1.82, 2.24) is 0 Å². The molecule has 15 heavy (non-hydrogen) atoms. The molecule has 0 bridgehead atoms. The predicted molar refractivity (Wildman–Crippen MR) is 62.9 cm³/mol. The molecule has 0 aromatic heterocycles. The second-order valence-electron chi connectivity index (χ2n) is 3.42. The maximum atomic E-state index is 5.84. The lowest BCUT2D eigenvalue weighted by molar-refractivity contribution is 0.429. The van der Waals surface area contributed by atoms with Crippen LogP contribution >= 0.6 is 11.8 Å². The van der Waals surface area contributed by atoms with Gasteiger partial charge in [0.25, 0.3) is 0 Å².